The van der Waals surface area contributed by atoms with Gasteiger partial charge in [0.1, 0.15) is 5.82 Å². The van der Waals surface area contributed by atoms with E-state index in [9.17, 15) is 19.5 Å². The van der Waals surface area contributed by atoms with Gasteiger partial charge in [-0.3, -0.25) is 14.5 Å². The summed E-state index contributed by atoms with van der Waals surface area (Å²) in [6.07, 6.45) is 9.19. The van der Waals surface area contributed by atoms with Gasteiger partial charge < -0.3 is 14.6 Å². The molecule has 1 aliphatic rings. The number of carbonyl (C=O) groups is 3. The third-order valence-corrected chi connectivity index (χ3v) is 5.84. The Morgan fingerprint density at radius 3 is 2.60 bits per heavy atom. The van der Waals surface area contributed by atoms with Gasteiger partial charge in [0.05, 0.1) is 20.6 Å². The van der Waals surface area contributed by atoms with Crippen LogP contribution in [0.2, 0.25) is 0 Å². The van der Waals surface area contributed by atoms with Crippen molar-refractivity contribution < 1.29 is 29.0 Å². The number of carboxylic acid groups (broad SMARTS) is 1. The van der Waals surface area contributed by atoms with Crippen molar-refractivity contribution in [3.63, 3.8) is 0 Å². The lowest BCUT2D eigenvalue weighted by Crippen LogP contribution is -2.31. The second kappa shape index (κ2) is 12.6. The second-order valence-electron chi connectivity index (χ2n) is 8.27. The summed E-state index contributed by atoms with van der Waals surface area (Å²) in [6.45, 7) is 0.444. The van der Waals surface area contributed by atoms with Crippen molar-refractivity contribution in [3.8, 4) is 6.01 Å². The van der Waals surface area contributed by atoms with Crippen LogP contribution in [0, 0.1) is 0 Å². The molecule has 1 atom stereocenters. The van der Waals surface area contributed by atoms with Crippen molar-refractivity contribution >= 4 is 23.7 Å². The maximum atomic E-state index is 12.6. The molecule has 0 bridgehead atoms. The highest BCUT2D eigenvalue weighted by molar-refractivity contribution is 5.90. The zero-order valence-corrected chi connectivity index (χ0v) is 20.0. The molecule has 1 amide bonds. The number of aromatic nitrogens is 3. The number of allylic oxidation sites excluding steroid dienone is 2. The summed E-state index contributed by atoms with van der Waals surface area (Å²) in [7, 11) is 2.76. The monoisotopic (exact) mass is 482 g/mol. The molecule has 0 saturated carbocycles. The van der Waals surface area contributed by atoms with Gasteiger partial charge in [-0.05, 0) is 55.4 Å². The molecule has 0 aromatic carbocycles. The maximum absolute atomic E-state index is 12.6. The third kappa shape index (κ3) is 7.33. The van der Waals surface area contributed by atoms with E-state index < -0.39 is 18.0 Å². The first kappa shape index (κ1) is 25.8. The summed E-state index contributed by atoms with van der Waals surface area (Å²) in [5.74, 6) is -0.465. The summed E-state index contributed by atoms with van der Waals surface area (Å²) < 4.78 is 9.72. The summed E-state index contributed by atoms with van der Waals surface area (Å²) in [5, 5.41) is 9.52. The highest BCUT2D eigenvalue weighted by Gasteiger charge is 2.22. The topological polar surface area (TPSA) is 132 Å². The van der Waals surface area contributed by atoms with Crippen LogP contribution >= 0.6 is 0 Å². The Bertz CT molecular complexity index is 1070. The molecule has 0 saturated heterocycles. The number of ketones is 1. The number of nitrogens with zero attached hydrogens (tertiary/aromatic N) is 4. The molecule has 1 N–H and O–H groups in total. The lowest BCUT2D eigenvalue weighted by molar-refractivity contribution is -0.141. The van der Waals surface area contributed by atoms with Gasteiger partial charge in [-0.25, -0.2) is 19.7 Å². The van der Waals surface area contributed by atoms with Crippen LogP contribution in [0.15, 0.2) is 36.7 Å². The Morgan fingerprint density at radius 2 is 1.91 bits per heavy atom. The fourth-order valence-electron chi connectivity index (χ4n) is 3.95. The van der Waals surface area contributed by atoms with Crippen molar-refractivity contribution in [2.75, 3.05) is 25.7 Å². The molecule has 3 heterocycles. The van der Waals surface area contributed by atoms with Gasteiger partial charge in [0.15, 0.2) is 5.78 Å². The first-order valence-electron chi connectivity index (χ1n) is 11.5. The molecule has 0 unspecified atom stereocenters. The summed E-state index contributed by atoms with van der Waals surface area (Å²) >= 11 is 0. The second-order valence-corrected chi connectivity index (χ2v) is 8.27. The number of carbonyl (C=O) groups excluding carboxylic acids is 2. The summed E-state index contributed by atoms with van der Waals surface area (Å²) in [4.78, 5) is 50.1. The molecule has 186 valence electrons. The predicted molar refractivity (Wildman–Crippen MR) is 128 cm³/mol. The van der Waals surface area contributed by atoms with Gasteiger partial charge in [0.25, 0.3) is 0 Å². The maximum Gasteiger partial charge on any atom is 0.413 e. The lowest BCUT2D eigenvalue weighted by Gasteiger charge is -2.18. The van der Waals surface area contributed by atoms with Gasteiger partial charge in [-0.15, -0.1) is 0 Å². The number of hydrogen-bond donors (Lipinski definition) is 1. The average molecular weight is 483 g/mol. The molecule has 2 aromatic rings. The zero-order valence-electron chi connectivity index (χ0n) is 20.0. The number of amides is 1. The molecule has 0 fully saturated rings. The minimum Gasteiger partial charge on any atom is -0.469 e. The van der Waals surface area contributed by atoms with E-state index in [1.807, 2.05) is 12.1 Å². The SMILES string of the molecule is COC(=O)C[C@H](CC(=O)/C=C/CCc1ccc2c(n1)N(C(=O)O)CCCC2)c1cnc(OC)nc1. The number of aryl methyl sites for hydroxylation is 2. The van der Waals surface area contributed by atoms with Crippen LogP contribution in [0.3, 0.4) is 0 Å². The van der Waals surface area contributed by atoms with E-state index in [0.29, 0.717) is 30.8 Å². The normalized spacial score (nSPS) is 14.2. The molecule has 0 aliphatic carbocycles. The van der Waals surface area contributed by atoms with E-state index in [-0.39, 0.29) is 24.6 Å². The molecule has 3 rings (SSSR count). The Morgan fingerprint density at radius 1 is 1.14 bits per heavy atom. The largest absolute Gasteiger partial charge is 0.469 e. The van der Waals surface area contributed by atoms with E-state index in [0.717, 1.165) is 30.5 Å². The molecular weight excluding hydrogens is 452 g/mol. The first-order valence-corrected chi connectivity index (χ1v) is 11.5. The van der Waals surface area contributed by atoms with Gasteiger partial charge in [0, 0.05) is 37.0 Å². The van der Waals surface area contributed by atoms with E-state index >= 15 is 0 Å². The number of pyridine rings is 1. The third-order valence-electron chi connectivity index (χ3n) is 5.84. The molecule has 35 heavy (non-hydrogen) atoms. The first-order chi connectivity index (χ1) is 16.9. The Kier molecular flexibility index (Phi) is 9.28. The fraction of sp³-hybridized carbons (Fsp3) is 0.440. The fourth-order valence-corrected chi connectivity index (χ4v) is 3.95. The quantitative estimate of drug-likeness (QED) is 0.399. The number of ether oxygens (including phenoxy) is 2. The number of rotatable bonds is 10. The van der Waals surface area contributed by atoms with E-state index in [4.69, 9.17) is 9.47 Å². The zero-order chi connectivity index (χ0) is 25.2. The smallest absolute Gasteiger partial charge is 0.413 e. The highest BCUT2D eigenvalue weighted by atomic mass is 16.5. The minimum atomic E-state index is -0.993. The predicted octanol–water partition coefficient (Wildman–Crippen LogP) is 3.50. The van der Waals surface area contributed by atoms with Gasteiger partial charge in [0.2, 0.25) is 0 Å². The molecular formula is C25H30N4O6. The molecule has 10 nitrogen and oxygen atoms in total. The summed E-state index contributed by atoms with van der Waals surface area (Å²) in [6, 6.07) is 4.06. The van der Waals surface area contributed by atoms with Crippen LogP contribution in [0.1, 0.15) is 54.8 Å². The number of fused-ring (bicyclic) bond motifs is 1. The van der Waals surface area contributed by atoms with Crippen molar-refractivity contribution in [3.05, 3.63) is 53.5 Å². The van der Waals surface area contributed by atoms with Crippen molar-refractivity contribution in [1.82, 2.24) is 15.0 Å². The van der Waals surface area contributed by atoms with Gasteiger partial charge in [-0.2, -0.15) is 0 Å². The van der Waals surface area contributed by atoms with Crippen LogP contribution < -0.4 is 9.64 Å². The van der Waals surface area contributed by atoms with E-state index in [2.05, 4.69) is 15.0 Å². The van der Waals surface area contributed by atoms with Crippen molar-refractivity contribution in [1.29, 1.82) is 0 Å². The Balaban J connectivity index is 1.60. The molecule has 0 radical (unpaired) electrons. The van der Waals surface area contributed by atoms with Gasteiger partial charge >= 0.3 is 18.1 Å². The van der Waals surface area contributed by atoms with Crippen LogP contribution in [0.25, 0.3) is 0 Å². The molecule has 10 heteroatoms. The van der Waals surface area contributed by atoms with Crippen LogP contribution in [0.5, 0.6) is 6.01 Å². The van der Waals surface area contributed by atoms with Crippen LogP contribution in [-0.2, 0) is 27.2 Å². The van der Waals surface area contributed by atoms with Crippen molar-refractivity contribution in [2.45, 2.75) is 50.9 Å². The Hall–Kier alpha value is -3.82. The number of anilines is 1. The summed E-state index contributed by atoms with van der Waals surface area (Å²) in [5.41, 5.74) is 2.36. The molecule has 1 aliphatic heterocycles. The van der Waals surface area contributed by atoms with E-state index in [1.54, 1.807) is 18.5 Å². The lowest BCUT2D eigenvalue weighted by atomic mass is 9.92. The van der Waals surface area contributed by atoms with E-state index in [1.165, 1.54) is 25.2 Å². The Labute approximate surface area is 204 Å². The number of esters is 1. The highest BCUT2D eigenvalue weighted by Crippen LogP contribution is 2.26. The molecule has 0 spiro atoms. The van der Waals surface area contributed by atoms with Gasteiger partial charge in [-0.1, -0.05) is 12.1 Å². The number of methoxy groups -OCH3 is 2. The number of hydrogen-bond acceptors (Lipinski definition) is 8. The molecule has 2 aromatic heterocycles. The average Bonchev–Trinajstić information content (AvgIpc) is 3.08. The standard InChI is InChI=1S/C25H30N4O6/c1-34-22(31)14-18(19-15-26-24(35-2)27-16-19)13-21(30)9-4-3-8-20-11-10-17-7-5-6-12-29(25(32)33)23(17)28-20/h4,9-11,15-16,18H,3,5-8,12-14H2,1-2H3,(H,32,33)/b9-4+/t18-/m0/s1. The van der Waals surface area contributed by atoms with Crippen molar-refractivity contribution in [2.24, 2.45) is 0 Å². The minimum absolute atomic E-state index is 0.0326. The van der Waals surface area contributed by atoms with Crippen LogP contribution in [-0.4, -0.2) is 58.7 Å². The van der Waals surface area contributed by atoms with Crippen LogP contribution in [0.4, 0.5) is 10.6 Å².